The van der Waals surface area contributed by atoms with Crippen molar-refractivity contribution in [1.29, 1.82) is 0 Å². The first-order valence-corrected chi connectivity index (χ1v) is 8.43. The fourth-order valence-electron chi connectivity index (χ4n) is 2.49. The monoisotopic (exact) mass is 330 g/mol. The van der Waals surface area contributed by atoms with Gasteiger partial charge in [-0.3, -0.25) is 4.79 Å². The molecule has 6 heteroatoms. The fraction of sp³-hybridized carbons (Fsp3) is 0.824. The molecule has 4 atom stereocenters. The lowest BCUT2D eigenvalue weighted by molar-refractivity contribution is -0.175. The smallest absolute Gasteiger partial charge is 0.302 e. The summed E-state index contributed by atoms with van der Waals surface area (Å²) in [5.74, 6) is -0.451. The van der Waals surface area contributed by atoms with E-state index in [0.29, 0.717) is 6.61 Å². The van der Waals surface area contributed by atoms with Crippen LogP contribution < -0.4 is 0 Å². The molecule has 1 saturated heterocycles. The van der Waals surface area contributed by atoms with Gasteiger partial charge in [0.25, 0.3) is 0 Å². The second kappa shape index (κ2) is 11.6. The summed E-state index contributed by atoms with van der Waals surface area (Å²) in [6, 6.07) is 0. The number of carbonyl (C=O) groups excluding carboxylic acids is 1. The van der Waals surface area contributed by atoms with Crippen LogP contribution >= 0.6 is 0 Å². The van der Waals surface area contributed by atoms with Gasteiger partial charge in [0.1, 0.15) is 24.9 Å². The van der Waals surface area contributed by atoms with Gasteiger partial charge in [0.05, 0.1) is 0 Å². The Morgan fingerprint density at radius 2 is 1.78 bits per heavy atom. The molecule has 0 spiro atoms. The lowest BCUT2D eigenvalue weighted by Gasteiger charge is -2.15. The molecule has 6 nitrogen and oxygen atoms in total. The molecule has 23 heavy (non-hydrogen) atoms. The van der Waals surface area contributed by atoms with Gasteiger partial charge in [-0.2, -0.15) is 0 Å². The molecule has 2 N–H and O–H groups in total. The highest BCUT2D eigenvalue weighted by molar-refractivity contribution is 5.65. The van der Waals surface area contributed by atoms with Crippen molar-refractivity contribution < 1.29 is 29.2 Å². The van der Waals surface area contributed by atoms with Crippen molar-refractivity contribution in [3.63, 3.8) is 0 Å². The van der Waals surface area contributed by atoms with Gasteiger partial charge in [-0.05, 0) is 19.3 Å². The van der Waals surface area contributed by atoms with Crippen LogP contribution in [0.5, 0.6) is 0 Å². The van der Waals surface area contributed by atoms with E-state index < -0.39 is 30.6 Å². The number of aliphatic hydroxyl groups is 2. The number of allylic oxidation sites excluding steroid dienone is 1. The molecule has 0 radical (unpaired) electrons. The van der Waals surface area contributed by atoms with Gasteiger partial charge in [0.15, 0.2) is 6.29 Å². The number of rotatable bonds is 12. The lowest BCUT2D eigenvalue weighted by Crippen LogP contribution is -2.35. The van der Waals surface area contributed by atoms with Gasteiger partial charge in [0.2, 0.25) is 0 Å². The minimum absolute atomic E-state index is 0.0852. The quantitative estimate of drug-likeness (QED) is 0.323. The lowest BCUT2D eigenvalue weighted by atomic mass is 10.1. The van der Waals surface area contributed by atoms with E-state index in [9.17, 15) is 15.0 Å². The number of esters is 1. The number of ether oxygens (including phenoxy) is 3. The van der Waals surface area contributed by atoms with Crippen LogP contribution in [0, 0.1) is 0 Å². The van der Waals surface area contributed by atoms with Crippen LogP contribution in [0.1, 0.15) is 51.9 Å². The third kappa shape index (κ3) is 7.92. The Bertz CT molecular complexity index is 346. The predicted molar refractivity (Wildman–Crippen MR) is 85.8 cm³/mol. The zero-order valence-electron chi connectivity index (χ0n) is 14.0. The summed E-state index contributed by atoms with van der Waals surface area (Å²) in [4.78, 5) is 10.8. The number of hydrogen-bond donors (Lipinski definition) is 2. The molecule has 134 valence electrons. The summed E-state index contributed by atoms with van der Waals surface area (Å²) in [6.45, 7) is 5.37. The van der Waals surface area contributed by atoms with Crippen LogP contribution in [0.4, 0.5) is 0 Å². The maximum Gasteiger partial charge on any atom is 0.302 e. The molecule has 0 amide bonds. The van der Waals surface area contributed by atoms with E-state index in [-0.39, 0.29) is 6.61 Å². The Morgan fingerprint density at radius 3 is 2.43 bits per heavy atom. The molecule has 1 rings (SSSR count). The number of hydrogen-bond acceptors (Lipinski definition) is 6. The number of carbonyl (C=O) groups is 1. The van der Waals surface area contributed by atoms with E-state index in [1.807, 2.05) is 6.08 Å². The summed E-state index contributed by atoms with van der Waals surface area (Å²) < 4.78 is 15.7. The molecule has 0 aromatic rings. The zero-order chi connectivity index (χ0) is 17.1. The highest BCUT2D eigenvalue weighted by Crippen LogP contribution is 2.23. The Labute approximate surface area is 138 Å². The SMILES string of the molecule is C=CCCCCCCCCO[C@@H]1O[C@H](COC(C)=O)[C@H](O)[C@H]1O. The Balaban J connectivity index is 2.08. The molecule has 0 bridgehead atoms. The zero-order valence-corrected chi connectivity index (χ0v) is 14.0. The fourth-order valence-corrected chi connectivity index (χ4v) is 2.49. The molecule has 0 aromatic heterocycles. The summed E-state index contributed by atoms with van der Waals surface area (Å²) in [6.07, 6.45) is 5.94. The minimum Gasteiger partial charge on any atom is -0.463 e. The molecular formula is C17H30O6. The van der Waals surface area contributed by atoms with Crippen molar-refractivity contribution in [3.05, 3.63) is 12.7 Å². The van der Waals surface area contributed by atoms with Crippen molar-refractivity contribution >= 4 is 5.97 Å². The minimum atomic E-state index is -1.12. The molecular weight excluding hydrogens is 300 g/mol. The van der Waals surface area contributed by atoms with Crippen molar-refractivity contribution in [1.82, 2.24) is 0 Å². The first-order valence-electron chi connectivity index (χ1n) is 8.43. The van der Waals surface area contributed by atoms with Gasteiger partial charge < -0.3 is 24.4 Å². The van der Waals surface area contributed by atoms with Gasteiger partial charge in [0, 0.05) is 13.5 Å². The van der Waals surface area contributed by atoms with Crippen LogP contribution in [0.25, 0.3) is 0 Å². The van der Waals surface area contributed by atoms with Crippen LogP contribution in [-0.2, 0) is 19.0 Å². The molecule has 0 aliphatic carbocycles. The van der Waals surface area contributed by atoms with Crippen molar-refractivity contribution in [2.75, 3.05) is 13.2 Å². The van der Waals surface area contributed by atoms with E-state index in [1.165, 1.54) is 26.2 Å². The molecule has 1 aliphatic heterocycles. The summed E-state index contributed by atoms with van der Waals surface area (Å²) in [5, 5.41) is 19.7. The molecule has 1 heterocycles. The third-order valence-electron chi connectivity index (χ3n) is 3.85. The van der Waals surface area contributed by atoms with E-state index in [2.05, 4.69) is 6.58 Å². The molecule has 0 aromatic carbocycles. The van der Waals surface area contributed by atoms with Crippen LogP contribution in [-0.4, -0.2) is 54.0 Å². The van der Waals surface area contributed by atoms with Crippen LogP contribution in [0.3, 0.4) is 0 Å². The molecule has 1 fully saturated rings. The largest absolute Gasteiger partial charge is 0.463 e. The standard InChI is InChI=1S/C17H30O6/c1-3-4-5-6-7-8-9-10-11-21-17-16(20)15(19)14(23-17)12-22-13(2)18/h3,14-17,19-20H,1,4-12H2,2H3/t14-,15+,16-,17-/m1/s1. The van der Waals surface area contributed by atoms with Gasteiger partial charge in [-0.25, -0.2) is 0 Å². The van der Waals surface area contributed by atoms with Gasteiger partial charge in [-0.1, -0.05) is 31.8 Å². The molecule has 1 aliphatic rings. The molecule has 0 unspecified atom stereocenters. The summed E-state index contributed by atoms with van der Waals surface area (Å²) in [5.41, 5.74) is 0. The van der Waals surface area contributed by atoms with Crippen molar-refractivity contribution in [3.8, 4) is 0 Å². The maximum atomic E-state index is 10.8. The number of unbranched alkanes of at least 4 members (excludes halogenated alkanes) is 6. The highest BCUT2D eigenvalue weighted by atomic mass is 16.7. The Hall–Kier alpha value is -0.950. The first kappa shape index (κ1) is 20.1. The van der Waals surface area contributed by atoms with E-state index >= 15 is 0 Å². The predicted octanol–water partition coefficient (Wildman–Crippen LogP) is 1.93. The average Bonchev–Trinajstić information content (AvgIpc) is 2.79. The summed E-state index contributed by atoms with van der Waals surface area (Å²) in [7, 11) is 0. The Morgan fingerprint density at radius 1 is 1.13 bits per heavy atom. The average molecular weight is 330 g/mol. The number of aliphatic hydroxyl groups excluding tert-OH is 2. The van der Waals surface area contributed by atoms with Crippen molar-refractivity contribution in [2.45, 2.75) is 76.5 Å². The van der Waals surface area contributed by atoms with Crippen molar-refractivity contribution in [2.24, 2.45) is 0 Å². The Kier molecular flexibility index (Phi) is 10.1. The molecule has 0 saturated carbocycles. The van der Waals surface area contributed by atoms with Gasteiger partial charge in [-0.15, -0.1) is 6.58 Å². The van der Waals surface area contributed by atoms with E-state index in [4.69, 9.17) is 14.2 Å². The first-order chi connectivity index (χ1) is 11.1. The second-order valence-electron chi connectivity index (χ2n) is 5.90. The summed E-state index contributed by atoms with van der Waals surface area (Å²) >= 11 is 0. The third-order valence-corrected chi connectivity index (χ3v) is 3.85. The highest BCUT2D eigenvalue weighted by Gasteiger charge is 2.43. The normalized spacial score (nSPS) is 27.1. The van der Waals surface area contributed by atoms with Crippen LogP contribution in [0.15, 0.2) is 12.7 Å². The van der Waals surface area contributed by atoms with E-state index in [1.54, 1.807) is 0 Å². The van der Waals surface area contributed by atoms with Crippen LogP contribution in [0.2, 0.25) is 0 Å². The topological polar surface area (TPSA) is 85.2 Å². The maximum absolute atomic E-state index is 10.8. The van der Waals surface area contributed by atoms with Gasteiger partial charge >= 0.3 is 5.97 Å². The second-order valence-corrected chi connectivity index (χ2v) is 5.90. The van der Waals surface area contributed by atoms with E-state index in [0.717, 1.165) is 25.7 Å².